The first kappa shape index (κ1) is 16.1. The lowest BCUT2D eigenvalue weighted by Gasteiger charge is -2.04. The molecule has 136 valence electrons. The number of carbonyl (C=O) groups excluding carboxylic acids is 1. The Labute approximate surface area is 159 Å². The molecule has 28 heavy (non-hydrogen) atoms. The van der Waals surface area contributed by atoms with Gasteiger partial charge in [0, 0.05) is 28.7 Å². The normalized spacial score (nSPS) is 11.2. The third-order valence-corrected chi connectivity index (χ3v) is 4.64. The molecule has 0 aliphatic rings. The van der Waals surface area contributed by atoms with Gasteiger partial charge in [-0.15, -0.1) is 0 Å². The predicted molar refractivity (Wildman–Crippen MR) is 106 cm³/mol. The molecule has 0 unspecified atom stereocenters. The van der Waals surface area contributed by atoms with Crippen LogP contribution in [-0.4, -0.2) is 36.0 Å². The van der Waals surface area contributed by atoms with E-state index in [-0.39, 0.29) is 5.91 Å². The van der Waals surface area contributed by atoms with Crippen molar-refractivity contribution in [3.63, 3.8) is 0 Å². The number of pyridine rings is 1. The minimum Gasteiger partial charge on any atom is -0.346 e. The SMILES string of the molecule is Cc1c[nH]c2ncnc(-c3ccc4c(C(=O)Nc5cccnc5)n[nH]c4c3)c12. The molecule has 8 nitrogen and oxygen atoms in total. The van der Waals surface area contributed by atoms with Gasteiger partial charge in [0.1, 0.15) is 12.0 Å². The van der Waals surface area contributed by atoms with Crippen LogP contribution >= 0.6 is 0 Å². The van der Waals surface area contributed by atoms with E-state index in [1.54, 1.807) is 24.5 Å². The number of aryl methyl sites for hydroxylation is 1. The Morgan fingerprint density at radius 1 is 1.18 bits per heavy atom. The van der Waals surface area contributed by atoms with Crippen molar-refractivity contribution in [2.75, 3.05) is 5.32 Å². The Morgan fingerprint density at radius 2 is 2.11 bits per heavy atom. The summed E-state index contributed by atoms with van der Waals surface area (Å²) in [5.41, 5.74) is 5.33. The van der Waals surface area contributed by atoms with Crippen molar-refractivity contribution in [2.45, 2.75) is 6.92 Å². The lowest BCUT2D eigenvalue weighted by atomic mass is 10.0. The zero-order valence-electron chi connectivity index (χ0n) is 14.9. The lowest BCUT2D eigenvalue weighted by Crippen LogP contribution is -2.12. The molecule has 1 aromatic carbocycles. The summed E-state index contributed by atoms with van der Waals surface area (Å²) in [5.74, 6) is -0.294. The third kappa shape index (κ3) is 2.59. The quantitative estimate of drug-likeness (QED) is 0.451. The van der Waals surface area contributed by atoms with Gasteiger partial charge in [0.25, 0.3) is 5.91 Å². The molecule has 1 amide bonds. The molecule has 0 bridgehead atoms. The monoisotopic (exact) mass is 369 g/mol. The summed E-state index contributed by atoms with van der Waals surface area (Å²) < 4.78 is 0. The maximum Gasteiger partial charge on any atom is 0.276 e. The van der Waals surface area contributed by atoms with Gasteiger partial charge in [-0.1, -0.05) is 6.07 Å². The lowest BCUT2D eigenvalue weighted by molar-refractivity contribution is 0.102. The number of H-pyrrole nitrogens is 2. The van der Waals surface area contributed by atoms with E-state index in [0.29, 0.717) is 11.4 Å². The van der Waals surface area contributed by atoms with E-state index in [1.165, 1.54) is 6.33 Å². The Balaban J connectivity index is 1.55. The second-order valence-electron chi connectivity index (χ2n) is 6.45. The van der Waals surface area contributed by atoms with E-state index < -0.39 is 0 Å². The van der Waals surface area contributed by atoms with Crippen molar-refractivity contribution >= 4 is 33.5 Å². The number of benzene rings is 1. The smallest absolute Gasteiger partial charge is 0.276 e. The van der Waals surface area contributed by atoms with Crippen LogP contribution in [0.2, 0.25) is 0 Å². The van der Waals surface area contributed by atoms with Gasteiger partial charge >= 0.3 is 0 Å². The van der Waals surface area contributed by atoms with Crippen LogP contribution in [0, 0.1) is 6.92 Å². The summed E-state index contributed by atoms with van der Waals surface area (Å²) in [6.45, 7) is 2.02. The van der Waals surface area contributed by atoms with Gasteiger partial charge < -0.3 is 10.3 Å². The fourth-order valence-corrected chi connectivity index (χ4v) is 3.30. The zero-order chi connectivity index (χ0) is 19.1. The number of aromatic amines is 2. The van der Waals surface area contributed by atoms with E-state index >= 15 is 0 Å². The average molecular weight is 369 g/mol. The largest absolute Gasteiger partial charge is 0.346 e. The van der Waals surface area contributed by atoms with Crippen LogP contribution in [0.4, 0.5) is 5.69 Å². The first-order valence-corrected chi connectivity index (χ1v) is 8.69. The highest BCUT2D eigenvalue weighted by atomic mass is 16.1. The molecule has 3 N–H and O–H groups in total. The number of anilines is 1. The van der Waals surface area contributed by atoms with Crippen molar-refractivity contribution in [3.8, 4) is 11.3 Å². The first-order valence-electron chi connectivity index (χ1n) is 8.69. The van der Waals surface area contributed by atoms with Gasteiger partial charge in [-0.05, 0) is 36.8 Å². The highest BCUT2D eigenvalue weighted by Gasteiger charge is 2.16. The molecule has 4 heterocycles. The van der Waals surface area contributed by atoms with Crippen LogP contribution in [0.15, 0.2) is 55.2 Å². The van der Waals surface area contributed by atoms with Gasteiger partial charge in [-0.2, -0.15) is 5.10 Å². The molecule has 0 aliphatic heterocycles. The number of amides is 1. The highest BCUT2D eigenvalue weighted by molar-refractivity contribution is 6.11. The summed E-state index contributed by atoms with van der Waals surface area (Å²) in [5, 5.41) is 11.7. The Morgan fingerprint density at radius 3 is 2.96 bits per heavy atom. The molecule has 5 aromatic rings. The van der Waals surface area contributed by atoms with Crippen LogP contribution < -0.4 is 5.32 Å². The number of rotatable bonds is 3. The number of nitrogens with one attached hydrogen (secondary N) is 3. The molecule has 0 spiro atoms. The first-order chi connectivity index (χ1) is 13.7. The predicted octanol–water partition coefficient (Wildman–Crippen LogP) is 3.46. The number of fused-ring (bicyclic) bond motifs is 2. The van der Waals surface area contributed by atoms with Crippen molar-refractivity contribution in [1.29, 1.82) is 0 Å². The van der Waals surface area contributed by atoms with Gasteiger partial charge in [-0.25, -0.2) is 9.97 Å². The zero-order valence-corrected chi connectivity index (χ0v) is 14.9. The topological polar surface area (TPSA) is 112 Å². The molecule has 0 saturated carbocycles. The van der Waals surface area contributed by atoms with E-state index in [4.69, 9.17) is 0 Å². The fraction of sp³-hybridized carbons (Fsp3) is 0.0500. The standard InChI is InChI=1S/C20H15N7O/c1-11-8-22-19-16(11)17(23-10-24-19)12-4-5-14-15(7-12)26-27-18(14)20(28)25-13-3-2-6-21-9-13/h2-10H,1H3,(H,25,28)(H,26,27)(H,22,23,24). The van der Waals surface area contributed by atoms with E-state index in [1.807, 2.05) is 31.3 Å². The molecule has 8 heteroatoms. The molecular formula is C20H15N7O. The van der Waals surface area contributed by atoms with E-state index in [0.717, 1.165) is 38.8 Å². The minimum absolute atomic E-state index is 0.294. The molecule has 0 atom stereocenters. The fourth-order valence-electron chi connectivity index (χ4n) is 3.30. The number of carbonyl (C=O) groups is 1. The third-order valence-electron chi connectivity index (χ3n) is 4.64. The van der Waals surface area contributed by atoms with Gasteiger partial charge in [-0.3, -0.25) is 14.9 Å². The Hall–Kier alpha value is -4.07. The summed E-state index contributed by atoms with van der Waals surface area (Å²) in [7, 11) is 0. The highest BCUT2D eigenvalue weighted by Crippen LogP contribution is 2.30. The molecule has 0 radical (unpaired) electrons. The van der Waals surface area contributed by atoms with Gasteiger partial charge in [0.05, 0.1) is 23.1 Å². The Kier molecular flexibility index (Phi) is 3.61. The number of hydrogen-bond acceptors (Lipinski definition) is 5. The molecule has 0 saturated heterocycles. The summed E-state index contributed by atoms with van der Waals surface area (Å²) in [4.78, 5) is 28.5. The molecule has 0 fully saturated rings. The number of nitrogens with zero attached hydrogens (tertiary/aromatic N) is 4. The summed E-state index contributed by atoms with van der Waals surface area (Å²) >= 11 is 0. The van der Waals surface area contributed by atoms with Crippen LogP contribution in [-0.2, 0) is 0 Å². The van der Waals surface area contributed by atoms with Gasteiger partial charge in [0.2, 0.25) is 0 Å². The van der Waals surface area contributed by atoms with Crippen LogP contribution in [0.1, 0.15) is 16.1 Å². The maximum absolute atomic E-state index is 12.6. The molecular weight excluding hydrogens is 354 g/mol. The van der Waals surface area contributed by atoms with E-state index in [2.05, 4.69) is 35.5 Å². The van der Waals surface area contributed by atoms with Crippen LogP contribution in [0.5, 0.6) is 0 Å². The summed E-state index contributed by atoms with van der Waals surface area (Å²) in [6, 6.07) is 9.29. The number of aromatic nitrogens is 6. The second kappa shape index (κ2) is 6.27. The second-order valence-corrected chi connectivity index (χ2v) is 6.45. The van der Waals surface area contributed by atoms with Crippen LogP contribution in [0.3, 0.4) is 0 Å². The average Bonchev–Trinajstić information content (AvgIpc) is 3.32. The minimum atomic E-state index is -0.294. The van der Waals surface area contributed by atoms with Crippen molar-refractivity contribution < 1.29 is 4.79 Å². The molecule has 4 aromatic heterocycles. The van der Waals surface area contributed by atoms with Gasteiger partial charge in [0.15, 0.2) is 5.69 Å². The maximum atomic E-state index is 12.6. The van der Waals surface area contributed by atoms with Crippen LogP contribution in [0.25, 0.3) is 33.2 Å². The van der Waals surface area contributed by atoms with Crippen molar-refractivity contribution in [2.24, 2.45) is 0 Å². The summed E-state index contributed by atoms with van der Waals surface area (Å²) in [6.07, 6.45) is 6.69. The molecule has 0 aliphatic carbocycles. The Bertz CT molecular complexity index is 1320. The molecule has 5 rings (SSSR count). The van der Waals surface area contributed by atoms with E-state index in [9.17, 15) is 4.79 Å². The number of hydrogen-bond donors (Lipinski definition) is 3. The van der Waals surface area contributed by atoms with Crippen molar-refractivity contribution in [3.05, 3.63) is 66.5 Å². The van der Waals surface area contributed by atoms with Crippen molar-refractivity contribution in [1.82, 2.24) is 30.1 Å².